The van der Waals surface area contributed by atoms with E-state index in [0.717, 1.165) is 36.9 Å². The first-order valence-corrected chi connectivity index (χ1v) is 5.98. The Morgan fingerprint density at radius 3 is 2.59 bits per heavy atom. The minimum atomic E-state index is 0.197. The lowest BCUT2D eigenvalue weighted by Crippen LogP contribution is -2.25. The molecule has 0 aliphatic heterocycles. The van der Waals surface area contributed by atoms with E-state index in [4.69, 9.17) is 4.74 Å². The Balaban J connectivity index is 2.54. The Labute approximate surface area is 104 Å². The van der Waals surface area contributed by atoms with Crippen LogP contribution in [0.5, 0.6) is 0 Å². The van der Waals surface area contributed by atoms with Crippen molar-refractivity contribution < 1.29 is 4.74 Å². The summed E-state index contributed by atoms with van der Waals surface area (Å²) in [6.45, 7) is 10.0. The van der Waals surface area contributed by atoms with Gasteiger partial charge in [-0.3, -0.25) is 0 Å². The van der Waals surface area contributed by atoms with E-state index in [1.54, 1.807) is 7.11 Å². The van der Waals surface area contributed by atoms with Gasteiger partial charge in [-0.1, -0.05) is 13.8 Å². The molecule has 1 aromatic heterocycles. The van der Waals surface area contributed by atoms with E-state index in [1.165, 1.54) is 0 Å². The number of rotatable bonds is 6. The van der Waals surface area contributed by atoms with Crippen molar-refractivity contribution in [3.8, 4) is 0 Å². The van der Waals surface area contributed by atoms with Gasteiger partial charge >= 0.3 is 0 Å². The molecule has 1 N–H and O–H groups in total. The first-order valence-electron chi connectivity index (χ1n) is 5.98. The van der Waals surface area contributed by atoms with E-state index in [9.17, 15) is 0 Å². The summed E-state index contributed by atoms with van der Waals surface area (Å²) >= 11 is 0. The van der Waals surface area contributed by atoms with Crippen LogP contribution in [-0.2, 0) is 4.74 Å². The Morgan fingerprint density at radius 2 is 2.00 bits per heavy atom. The van der Waals surface area contributed by atoms with Crippen LogP contribution in [0.4, 0.5) is 5.82 Å². The molecule has 0 unspecified atom stereocenters. The highest BCUT2D eigenvalue weighted by Gasteiger charge is 2.17. The van der Waals surface area contributed by atoms with Gasteiger partial charge in [0.05, 0.1) is 0 Å². The van der Waals surface area contributed by atoms with Gasteiger partial charge in [-0.15, -0.1) is 0 Å². The zero-order valence-corrected chi connectivity index (χ0v) is 11.5. The Kier molecular flexibility index (Phi) is 4.87. The monoisotopic (exact) mass is 237 g/mol. The predicted molar refractivity (Wildman–Crippen MR) is 70.3 cm³/mol. The summed E-state index contributed by atoms with van der Waals surface area (Å²) in [6, 6.07) is 1.97. The molecule has 0 atom stereocenters. The maximum absolute atomic E-state index is 5.11. The SMILES string of the molecule is COCCC(C)(C)CNc1cc(C)nc(C)n1. The standard InChI is InChI=1S/C13H23N3O/c1-10-8-12(16-11(2)15-10)14-9-13(3,4)6-7-17-5/h8H,6-7,9H2,1-5H3,(H,14,15,16). The second-order valence-corrected chi connectivity index (χ2v) is 5.20. The zero-order chi connectivity index (χ0) is 12.9. The third-order valence-electron chi connectivity index (χ3n) is 2.70. The van der Waals surface area contributed by atoms with Crippen LogP contribution in [0.15, 0.2) is 6.07 Å². The molecule has 0 fully saturated rings. The van der Waals surface area contributed by atoms with Crippen LogP contribution in [0.25, 0.3) is 0 Å². The fourth-order valence-electron chi connectivity index (χ4n) is 1.60. The second kappa shape index (κ2) is 5.96. The van der Waals surface area contributed by atoms with Crippen molar-refractivity contribution in [2.24, 2.45) is 5.41 Å². The van der Waals surface area contributed by atoms with Crippen LogP contribution < -0.4 is 5.32 Å². The molecule has 4 heteroatoms. The van der Waals surface area contributed by atoms with Crippen molar-refractivity contribution in [2.45, 2.75) is 34.1 Å². The summed E-state index contributed by atoms with van der Waals surface area (Å²) < 4.78 is 5.11. The number of methoxy groups -OCH3 is 1. The number of ether oxygens (including phenoxy) is 1. The number of aromatic nitrogens is 2. The Morgan fingerprint density at radius 1 is 1.29 bits per heavy atom. The number of nitrogens with zero attached hydrogens (tertiary/aromatic N) is 2. The van der Waals surface area contributed by atoms with Crippen LogP contribution >= 0.6 is 0 Å². The number of hydrogen-bond acceptors (Lipinski definition) is 4. The molecule has 0 amide bonds. The van der Waals surface area contributed by atoms with Crippen molar-refractivity contribution in [1.82, 2.24) is 9.97 Å². The van der Waals surface area contributed by atoms with Crippen molar-refractivity contribution in [1.29, 1.82) is 0 Å². The van der Waals surface area contributed by atoms with Crippen molar-refractivity contribution >= 4 is 5.82 Å². The van der Waals surface area contributed by atoms with Crippen molar-refractivity contribution in [3.63, 3.8) is 0 Å². The van der Waals surface area contributed by atoms with E-state index in [1.807, 2.05) is 19.9 Å². The van der Waals surface area contributed by atoms with E-state index < -0.39 is 0 Å². The highest BCUT2D eigenvalue weighted by molar-refractivity contribution is 5.35. The maximum Gasteiger partial charge on any atom is 0.129 e. The van der Waals surface area contributed by atoms with Gasteiger partial charge in [0.15, 0.2) is 0 Å². The third kappa shape index (κ3) is 5.13. The van der Waals surface area contributed by atoms with Gasteiger partial charge < -0.3 is 10.1 Å². The van der Waals surface area contributed by atoms with E-state index >= 15 is 0 Å². The van der Waals surface area contributed by atoms with Gasteiger partial charge in [0.1, 0.15) is 11.6 Å². The van der Waals surface area contributed by atoms with E-state index in [2.05, 4.69) is 29.1 Å². The first-order chi connectivity index (χ1) is 7.93. The molecule has 0 saturated heterocycles. The molecule has 0 saturated carbocycles. The zero-order valence-electron chi connectivity index (χ0n) is 11.5. The Bertz CT molecular complexity index is 343. The van der Waals surface area contributed by atoms with Gasteiger partial charge in [0, 0.05) is 32.0 Å². The molecular weight excluding hydrogens is 214 g/mol. The van der Waals surface area contributed by atoms with Crippen LogP contribution in [-0.4, -0.2) is 30.2 Å². The predicted octanol–water partition coefficient (Wildman–Crippen LogP) is 2.57. The van der Waals surface area contributed by atoms with Crippen LogP contribution in [0.2, 0.25) is 0 Å². The lowest BCUT2D eigenvalue weighted by Gasteiger charge is -2.24. The van der Waals surface area contributed by atoms with Gasteiger partial charge in [-0.25, -0.2) is 9.97 Å². The number of aryl methyl sites for hydroxylation is 2. The molecule has 0 aromatic carbocycles. The molecule has 0 aliphatic carbocycles. The lowest BCUT2D eigenvalue weighted by molar-refractivity contribution is 0.157. The van der Waals surface area contributed by atoms with Crippen LogP contribution in [0, 0.1) is 19.3 Å². The molecule has 0 bridgehead atoms. The summed E-state index contributed by atoms with van der Waals surface area (Å²) in [5, 5.41) is 3.37. The minimum absolute atomic E-state index is 0.197. The van der Waals surface area contributed by atoms with Crippen LogP contribution in [0.1, 0.15) is 31.8 Å². The third-order valence-corrected chi connectivity index (χ3v) is 2.70. The molecule has 1 aromatic rings. The minimum Gasteiger partial charge on any atom is -0.385 e. The fourth-order valence-corrected chi connectivity index (χ4v) is 1.60. The van der Waals surface area contributed by atoms with Gasteiger partial charge in [0.2, 0.25) is 0 Å². The average molecular weight is 237 g/mol. The molecule has 4 nitrogen and oxygen atoms in total. The first kappa shape index (κ1) is 13.9. The van der Waals surface area contributed by atoms with Crippen molar-refractivity contribution in [2.75, 3.05) is 25.6 Å². The molecular formula is C13H23N3O. The largest absolute Gasteiger partial charge is 0.385 e. The quantitative estimate of drug-likeness (QED) is 0.826. The van der Waals surface area contributed by atoms with Gasteiger partial charge in [-0.05, 0) is 25.7 Å². The number of anilines is 1. The Hall–Kier alpha value is -1.16. The highest BCUT2D eigenvalue weighted by atomic mass is 16.5. The van der Waals surface area contributed by atoms with Gasteiger partial charge in [-0.2, -0.15) is 0 Å². The maximum atomic E-state index is 5.11. The molecule has 17 heavy (non-hydrogen) atoms. The number of hydrogen-bond donors (Lipinski definition) is 1. The fraction of sp³-hybridized carbons (Fsp3) is 0.692. The van der Waals surface area contributed by atoms with E-state index in [0.29, 0.717) is 0 Å². The van der Waals surface area contributed by atoms with Gasteiger partial charge in [0.25, 0.3) is 0 Å². The van der Waals surface area contributed by atoms with Crippen LogP contribution in [0.3, 0.4) is 0 Å². The smallest absolute Gasteiger partial charge is 0.129 e. The molecule has 0 aliphatic rings. The summed E-state index contributed by atoms with van der Waals surface area (Å²) in [5.41, 5.74) is 1.19. The summed E-state index contributed by atoms with van der Waals surface area (Å²) in [5.74, 6) is 1.71. The highest BCUT2D eigenvalue weighted by Crippen LogP contribution is 2.20. The molecule has 96 valence electrons. The van der Waals surface area contributed by atoms with Crippen molar-refractivity contribution in [3.05, 3.63) is 17.6 Å². The normalized spacial score (nSPS) is 11.6. The molecule has 0 spiro atoms. The molecule has 1 rings (SSSR count). The second-order valence-electron chi connectivity index (χ2n) is 5.20. The topological polar surface area (TPSA) is 47.0 Å². The summed E-state index contributed by atoms with van der Waals surface area (Å²) in [6.07, 6.45) is 1.03. The molecule has 0 radical (unpaired) electrons. The molecule has 1 heterocycles. The lowest BCUT2D eigenvalue weighted by atomic mass is 9.90. The summed E-state index contributed by atoms with van der Waals surface area (Å²) in [7, 11) is 1.74. The average Bonchev–Trinajstić information content (AvgIpc) is 2.23. The number of nitrogens with one attached hydrogen (secondary N) is 1. The summed E-state index contributed by atoms with van der Waals surface area (Å²) in [4.78, 5) is 8.62. The van der Waals surface area contributed by atoms with E-state index in [-0.39, 0.29) is 5.41 Å².